The number of hydrogen-bond donors (Lipinski definition) is 1. The van der Waals surface area contributed by atoms with Crippen LogP contribution in [0.3, 0.4) is 0 Å². The van der Waals surface area contributed by atoms with E-state index >= 15 is 0 Å². The molecule has 0 amide bonds. The van der Waals surface area contributed by atoms with E-state index in [4.69, 9.17) is 0 Å². The quantitative estimate of drug-likeness (QED) is 0.374. The minimum atomic E-state index is -0.381. The molecule has 0 spiro atoms. The van der Waals surface area contributed by atoms with Gasteiger partial charge in [0.25, 0.3) is 0 Å². The Morgan fingerprint density at radius 1 is 1.31 bits per heavy atom. The largest absolute Gasteiger partial charge is 0.389 e. The summed E-state index contributed by atoms with van der Waals surface area (Å²) >= 11 is 0. The van der Waals surface area contributed by atoms with E-state index in [9.17, 15) is 9.90 Å². The first-order valence-corrected chi connectivity index (χ1v) is 5.02. The summed E-state index contributed by atoms with van der Waals surface area (Å²) in [5, 5.41) is 9.42. The molecule has 2 nitrogen and oxygen atoms in total. The maximum atomic E-state index is 10.2. The van der Waals surface area contributed by atoms with Gasteiger partial charge in [-0.2, -0.15) is 0 Å². The van der Waals surface area contributed by atoms with Gasteiger partial charge < -0.3 is 9.90 Å². The highest BCUT2D eigenvalue weighted by molar-refractivity contribution is 5.55. The first kappa shape index (κ1) is 12.4. The summed E-state index contributed by atoms with van der Waals surface area (Å²) in [6, 6.07) is 0. The Hall–Kier alpha value is -0.630. The topological polar surface area (TPSA) is 37.3 Å². The summed E-state index contributed by atoms with van der Waals surface area (Å²) in [7, 11) is 0. The lowest BCUT2D eigenvalue weighted by atomic mass is 10.1. The predicted molar refractivity (Wildman–Crippen MR) is 54.5 cm³/mol. The summed E-state index contributed by atoms with van der Waals surface area (Å²) in [4.78, 5) is 10.2. The van der Waals surface area contributed by atoms with Crippen molar-refractivity contribution in [3.05, 3.63) is 12.2 Å². The Bertz CT molecular complexity index is 152. The molecule has 0 aromatic carbocycles. The summed E-state index contributed by atoms with van der Waals surface area (Å²) in [6.07, 6.45) is 8.14. The van der Waals surface area contributed by atoms with Crippen LogP contribution in [0.2, 0.25) is 0 Å². The Labute approximate surface area is 80.7 Å². The number of unbranched alkanes of at least 4 members (excludes halogenated alkanes) is 2. The molecule has 0 aliphatic heterocycles. The fraction of sp³-hybridized carbons (Fsp3) is 0.727. The summed E-state index contributed by atoms with van der Waals surface area (Å²) in [5.41, 5.74) is 0. The maximum absolute atomic E-state index is 10.2. The van der Waals surface area contributed by atoms with Crippen LogP contribution in [0.15, 0.2) is 12.2 Å². The molecule has 13 heavy (non-hydrogen) atoms. The SMILES string of the molecule is CCCCCC(O)/C=C/C(C)C=O. The van der Waals surface area contributed by atoms with Crippen molar-refractivity contribution in [2.24, 2.45) is 5.92 Å². The average Bonchev–Trinajstić information content (AvgIpc) is 2.14. The van der Waals surface area contributed by atoms with Crippen molar-refractivity contribution >= 4 is 6.29 Å². The standard InChI is InChI=1S/C11H20O2/c1-3-4-5-6-11(13)8-7-10(2)9-12/h7-11,13H,3-6H2,1-2H3/b8-7+. The molecule has 0 aliphatic carbocycles. The van der Waals surface area contributed by atoms with Crippen LogP contribution in [0, 0.1) is 5.92 Å². The van der Waals surface area contributed by atoms with Crippen molar-refractivity contribution in [1.29, 1.82) is 0 Å². The van der Waals surface area contributed by atoms with Crippen LogP contribution in [-0.2, 0) is 4.79 Å². The van der Waals surface area contributed by atoms with Crippen LogP contribution in [0.4, 0.5) is 0 Å². The fourth-order valence-corrected chi connectivity index (χ4v) is 1.05. The molecule has 1 N–H and O–H groups in total. The van der Waals surface area contributed by atoms with Crippen molar-refractivity contribution in [1.82, 2.24) is 0 Å². The highest BCUT2D eigenvalue weighted by Gasteiger charge is 1.99. The summed E-state index contributed by atoms with van der Waals surface area (Å²) < 4.78 is 0. The normalized spacial score (nSPS) is 15.9. The Morgan fingerprint density at radius 2 is 2.00 bits per heavy atom. The van der Waals surface area contributed by atoms with E-state index in [-0.39, 0.29) is 12.0 Å². The van der Waals surface area contributed by atoms with Gasteiger partial charge in [-0.05, 0) is 6.42 Å². The number of aliphatic hydroxyl groups excluding tert-OH is 1. The van der Waals surface area contributed by atoms with Crippen LogP contribution in [0.5, 0.6) is 0 Å². The third-order valence-electron chi connectivity index (χ3n) is 1.95. The van der Waals surface area contributed by atoms with Gasteiger partial charge in [-0.25, -0.2) is 0 Å². The van der Waals surface area contributed by atoms with Crippen molar-refractivity contribution in [2.75, 3.05) is 0 Å². The number of rotatable bonds is 7. The smallest absolute Gasteiger partial charge is 0.126 e. The molecule has 0 rings (SSSR count). The lowest BCUT2D eigenvalue weighted by Gasteiger charge is -2.04. The molecular formula is C11H20O2. The molecule has 0 fully saturated rings. The van der Waals surface area contributed by atoms with E-state index in [2.05, 4.69) is 6.92 Å². The molecule has 2 unspecified atom stereocenters. The molecule has 2 atom stereocenters. The Balaban J connectivity index is 3.54. The molecule has 2 heteroatoms. The molecule has 0 saturated carbocycles. The van der Waals surface area contributed by atoms with E-state index < -0.39 is 0 Å². The van der Waals surface area contributed by atoms with Crippen molar-refractivity contribution in [2.45, 2.75) is 45.6 Å². The van der Waals surface area contributed by atoms with Gasteiger partial charge in [0, 0.05) is 5.92 Å². The van der Waals surface area contributed by atoms with Crippen molar-refractivity contribution < 1.29 is 9.90 Å². The molecule has 0 aromatic heterocycles. The second-order valence-electron chi connectivity index (χ2n) is 3.44. The van der Waals surface area contributed by atoms with Gasteiger partial charge in [-0.3, -0.25) is 0 Å². The van der Waals surface area contributed by atoms with E-state index in [1.54, 1.807) is 12.2 Å². The third kappa shape index (κ3) is 7.72. The van der Waals surface area contributed by atoms with Gasteiger partial charge in [0.2, 0.25) is 0 Å². The molecule has 0 radical (unpaired) electrons. The van der Waals surface area contributed by atoms with E-state index in [0.717, 1.165) is 25.5 Å². The zero-order valence-electron chi connectivity index (χ0n) is 8.57. The molecule has 0 aromatic rings. The third-order valence-corrected chi connectivity index (χ3v) is 1.95. The van der Waals surface area contributed by atoms with Crippen molar-refractivity contribution in [3.63, 3.8) is 0 Å². The highest BCUT2D eigenvalue weighted by atomic mass is 16.3. The Kier molecular flexibility index (Phi) is 7.60. The molecule has 0 aliphatic rings. The molecule has 76 valence electrons. The van der Waals surface area contributed by atoms with Crippen molar-refractivity contribution in [3.8, 4) is 0 Å². The average molecular weight is 184 g/mol. The summed E-state index contributed by atoms with van der Waals surface area (Å²) in [5.74, 6) is -0.0826. The monoisotopic (exact) mass is 184 g/mol. The van der Waals surface area contributed by atoms with Gasteiger partial charge >= 0.3 is 0 Å². The molecule has 0 heterocycles. The highest BCUT2D eigenvalue weighted by Crippen LogP contribution is 2.05. The lowest BCUT2D eigenvalue weighted by Crippen LogP contribution is -2.02. The van der Waals surface area contributed by atoms with E-state index in [1.807, 2.05) is 6.92 Å². The zero-order valence-corrected chi connectivity index (χ0v) is 8.57. The maximum Gasteiger partial charge on any atom is 0.126 e. The van der Waals surface area contributed by atoms with E-state index in [0.29, 0.717) is 0 Å². The van der Waals surface area contributed by atoms with Crippen LogP contribution >= 0.6 is 0 Å². The predicted octanol–water partition coefficient (Wildman–Crippen LogP) is 2.32. The van der Waals surface area contributed by atoms with Crippen LogP contribution < -0.4 is 0 Å². The van der Waals surface area contributed by atoms with Gasteiger partial charge in [-0.1, -0.05) is 45.3 Å². The number of aliphatic hydroxyl groups is 1. The first-order chi connectivity index (χ1) is 6.20. The second-order valence-corrected chi connectivity index (χ2v) is 3.44. The van der Waals surface area contributed by atoms with Gasteiger partial charge in [0.05, 0.1) is 6.10 Å². The fourth-order valence-electron chi connectivity index (χ4n) is 1.05. The van der Waals surface area contributed by atoms with Crippen LogP contribution in [0.1, 0.15) is 39.5 Å². The van der Waals surface area contributed by atoms with Gasteiger partial charge in [0.15, 0.2) is 0 Å². The number of allylic oxidation sites excluding steroid dienone is 1. The molecule has 0 bridgehead atoms. The molecular weight excluding hydrogens is 164 g/mol. The number of hydrogen-bond acceptors (Lipinski definition) is 2. The minimum Gasteiger partial charge on any atom is -0.389 e. The van der Waals surface area contributed by atoms with Gasteiger partial charge in [0.1, 0.15) is 6.29 Å². The van der Waals surface area contributed by atoms with Crippen LogP contribution in [0.25, 0.3) is 0 Å². The molecule has 0 saturated heterocycles. The minimum absolute atomic E-state index is 0.0826. The number of aldehydes is 1. The zero-order chi connectivity index (χ0) is 10.1. The van der Waals surface area contributed by atoms with Gasteiger partial charge in [-0.15, -0.1) is 0 Å². The van der Waals surface area contributed by atoms with E-state index in [1.165, 1.54) is 6.42 Å². The number of carbonyl (C=O) groups excluding carboxylic acids is 1. The second kappa shape index (κ2) is 7.99. The Morgan fingerprint density at radius 3 is 2.54 bits per heavy atom. The van der Waals surface area contributed by atoms with Crippen LogP contribution in [-0.4, -0.2) is 17.5 Å². The number of carbonyl (C=O) groups is 1. The summed E-state index contributed by atoms with van der Waals surface area (Å²) in [6.45, 7) is 3.94. The lowest BCUT2D eigenvalue weighted by molar-refractivity contribution is -0.109. The first-order valence-electron chi connectivity index (χ1n) is 5.02.